The van der Waals surface area contributed by atoms with Crippen LogP contribution in [0.25, 0.3) is 22.0 Å². The zero-order valence-electron chi connectivity index (χ0n) is 9.67. The van der Waals surface area contributed by atoms with Crippen molar-refractivity contribution in [3.8, 4) is 11.1 Å². The third-order valence-electron chi connectivity index (χ3n) is 3.11. The van der Waals surface area contributed by atoms with Crippen molar-refractivity contribution < 1.29 is 10.0 Å². The maximum absolute atomic E-state index is 9.31. The predicted octanol–water partition coefficient (Wildman–Crippen LogP) is 1.51. The van der Waals surface area contributed by atoms with Crippen LogP contribution in [-0.4, -0.2) is 22.2 Å². The zero-order chi connectivity index (χ0) is 12.5. The molecule has 0 aliphatic carbocycles. The first-order chi connectivity index (χ1) is 8.77. The molecule has 0 aliphatic rings. The third kappa shape index (κ3) is 1.72. The first-order valence-electron chi connectivity index (χ1n) is 5.79. The molecule has 2 aromatic carbocycles. The van der Waals surface area contributed by atoms with Crippen LogP contribution in [0.5, 0.6) is 0 Å². The minimum absolute atomic E-state index is 0.503. The SMILES string of the molecule is OB(O)c1c[nH]c2c(-c3ccccc3)cccc12. The molecule has 3 N–H and O–H groups in total. The summed E-state index contributed by atoms with van der Waals surface area (Å²) < 4.78 is 0. The summed E-state index contributed by atoms with van der Waals surface area (Å²) >= 11 is 0. The second kappa shape index (κ2) is 4.33. The number of fused-ring (bicyclic) bond motifs is 1. The van der Waals surface area contributed by atoms with Crippen LogP contribution < -0.4 is 5.46 Å². The fourth-order valence-electron chi connectivity index (χ4n) is 2.25. The Morgan fingerprint density at radius 2 is 1.67 bits per heavy atom. The molecule has 0 saturated heterocycles. The molecular formula is C14H12BNO2. The van der Waals surface area contributed by atoms with E-state index in [1.165, 1.54) is 0 Å². The maximum Gasteiger partial charge on any atom is 0.490 e. The molecule has 18 heavy (non-hydrogen) atoms. The number of H-pyrrole nitrogens is 1. The summed E-state index contributed by atoms with van der Waals surface area (Å²) in [6.45, 7) is 0. The van der Waals surface area contributed by atoms with Crippen LogP contribution in [-0.2, 0) is 0 Å². The van der Waals surface area contributed by atoms with E-state index in [0.717, 1.165) is 22.0 Å². The van der Waals surface area contributed by atoms with Crippen molar-refractivity contribution in [1.29, 1.82) is 0 Å². The second-order valence-electron chi connectivity index (χ2n) is 4.21. The quantitative estimate of drug-likeness (QED) is 0.592. The molecule has 4 heteroatoms. The highest BCUT2D eigenvalue weighted by atomic mass is 16.4. The van der Waals surface area contributed by atoms with Crippen LogP contribution in [0.3, 0.4) is 0 Å². The van der Waals surface area contributed by atoms with E-state index in [0.29, 0.717) is 5.46 Å². The fourth-order valence-corrected chi connectivity index (χ4v) is 2.25. The van der Waals surface area contributed by atoms with Crippen LogP contribution in [0.15, 0.2) is 54.7 Å². The first kappa shape index (κ1) is 11.1. The van der Waals surface area contributed by atoms with Gasteiger partial charge in [0.2, 0.25) is 0 Å². The lowest BCUT2D eigenvalue weighted by Crippen LogP contribution is -2.28. The Kier molecular flexibility index (Phi) is 2.66. The Morgan fingerprint density at radius 3 is 2.39 bits per heavy atom. The predicted molar refractivity (Wildman–Crippen MR) is 73.6 cm³/mol. The molecular weight excluding hydrogens is 225 g/mol. The van der Waals surface area contributed by atoms with Crippen molar-refractivity contribution in [3.05, 3.63) is 54.7 Å². The van der Waals surface area contributed by atoms with Crippen molar-refractivity contribution >= 4 is 23.5 Å². The van der Waals surface area contributed by atoms with Gasteiger partial charge in [-0.3, -0.25) is 0 Å². The minimum Gasteiger partial charge on any atom is -0.423 e. The Morgan fingerprint density at radius 1 is 0.889 bits per heavy atom. The second-order valence-corrected chi connectivity index (χ2v) is 4.21. The summed E-state index contributed by atoms with van der Waals surface area (Å²) in [5, 5.41) is 19.5. The number of rotatable bonds is 2. The topological polar surface area (TPSA) is 56.2 Å². The van der Waals surface area contributed by atoms with Gasteiger partial charge in [-0.05, 0) is 10.9 Å². The van der Waals surface area contributed by atoms with E-state index >= 15 is 0 Å². The van der Waals surface area contributed by atoms with Crippen molar-refractivity contribution in [2.45, 2.75) is 0 Å². The standard InChI is InChI=1S/C14H12BNO2/c17-15(18)13-9-16-14-11(7-4-8-12(13)14)10-5-2-1-3-6-10/h1-9,16-18H. The molecule has 3 rings (SSSR count). The van der Waals surface area contributed by atoms with Gasteiger partial charge in [-0.1, -0.05) is 48.5 Å². The highest BCUT2D eigenvalue weighted by Gasteiger charge is 2.17. The lowest BCUT2D eigenvalue weighted by molar-refractivity contribution is 0.426. The molecule has 1 heterocycles. The Bertz CT molecular complexity index is 677. The molecule has 1 aromatic heterocycles. The molecule has 3 aromatic rings. The fraction of sp³-hybridized carbons (Fsp3) is 0. The van der Waals surface area contributed by atoms with Crippen LogP contribution in [0, 0.1) is 0 Å². The van der Waals surface area contributed by atoms with E-state index in [1.54, 1.807) is 6.20 Å². The Labute approximate surface area is 105 Å². The minimum atomic E-state index is -1.45. The molecule has 0 bridgehead atoms. The van der Waals surface area contributed by atoms with Gasteiger partial charge in [0.15, 0.2) is 0 Å². The van der Waals surface area contributed by atoms with Gasteiger partial charge in [-0.15, -0.1) is 0 Å². The normalized spacial score (nSPS) is 10.8. The average molecular weight is 237 g/mol. The number of nitrogens with one attached hydrogen (secondary N) is 1. The van der Waals surface area contributed by atoms with Gasteiger partial charge >= 0.3 is 7.12 Å². The lowest BCUT2D eigenvalue weighted by atomic mass is 9.80. The van der Waals surface area contributed by atoms with Crippen LogP contribution in [0.2, 0.25) is 0 Å². The van der Waals surface area contributed by atoms with Crippen molar-refractivity contribution in [2.24, 2.45) is 0 Å². The molecule has 0 saturated carbocycles. The number of hydrogen-bond donors (Lipinski definition) is 3. The zero-order valence-corrected chi connectivity index (χ0v) is 9.67. The van der Waals surface area contributed by atoms with Crippen LogP contribution >= 0.6 is 0 Å². The highest BCUT2D eigenvalue weighted by molar-refractivity contribution is 6.62. The number of aromatic amines is 1. The van der Waals surface area contributed by atoms with Crippen molar-refractivity contribution in [1.82, 2.24) is 4.98 Å². The molecule has 0 amide bonds. The van der Waals surface area contributed by atoms with Crippen molar-refractivity contribution in [2.75, 3.05) is 0 Å². The summed E-state index contributed by atoms with van der Waals surface area (Å²) in [6.07, 6.45) is 1.64. The largest absolute Gasteiger partial charge is 0.490 e. The van der Waals surface area contributed by atoms with Gasteiger partial charge in [0, 0.05) is 17.2 Å². The average Bonchev–Trinajstić information content (AvgIpc) is 2.83. The smallest absolute Gasteiger partial charge is 0.423 e. The van der Waals surface area contributed by atoms with Gasteiger partial charge in [0.25, 0.3) is 0 Å². The van der Waals surface area contributed by atoms with E-state index in [4.69, 9.17) is 0 Å². The highest BCUT2D eigenvalue weighted by Crippen LogP contribution is 2.26. The summed E-state index contributed by atoms with van der Waals surface area (Å²) in [6, 6.07) is 15.8. The summed E-state index contributed by atoms with van der Waals surface area (Å²) in [4.78, 5) is 3.12. The van der Waals surface area contributed by atoms with E-state index in [9.17, 15) is 10.0 Å². The van der Waals surface area contributed by atoms with Gasteiger partial charge in [-0.2, -0.15) is 0 Å². The summed E-state index contributed by atoms with van der Waals surface area (Å²) in [5.41, 5.74) is 3.58. The number of para-hydroxylation sites is 1. The monoisotopic (exact) mass is 237 g/mol. The molecule has 0 aliphatic heterocycles. The van der Waals surface area contributed by atoms with E-state index in [1.807, 2.05) is 48.5 Å². The van der Waals surface area contributed by atoms with E-state index in [2.05, 4.69) is 4.98 Å². The molecule has 0 fully saturated rings. The van der Waals surface area contributed by atoms with Crippen molar-refractivity contribution in [3.63, 3.8) is 0 Å². The molecule has 0 atom stereocenters. The first-order valence-corrected chi connectivity index (χ1v) is 5.79. The maximum atomic E-state index is 9.31. The third-order valence-corrected chi connectivity index (χ3v) is 3.11. The lowest BCUT2D eigenvalue weighted by Gasteiger charge is -2.04. The number of aromatic nitrogens is 1. The summed E-state index contributed by atoms with van der Waals surface area (Å²) in [5.74, 6) is 0. The number of hydrogen-bond acceptors (Lipinski definition) is 2. The summed E-state index contributed by atoms with van der Waals surface area (Å²) in [7, 11) is -1.45. The van der Waals surface area contributed by atoms with E-state index in [-0.39, 0.29) is 0 Å². The Hall–Kier alpha value is -2.04. The van der Waals surface area contributed by atoms with Crippen LogP contribution in [0.4, 0.5) is 0 Å². The van der Waals surface area contributed by atoms with E-state index < -0.39 is 7.12 Å². The molecule has 3 nitrogen and oxygen atoms in total. The molecule has 0 spiro atoms. The van der Waals surface area contributed by atoms with Gasteiger partial charge in [0.1, 0.15) is 0 Å². The Balaban J connectivity index is 2.26. The van der Waals surface area contributed by atoms with Gasteiger partial charge in [-0.25, -0.2) is 0 Å². The van der Waals surface area contributed by atoms with Gasteiger partial charge in [0.05, 0.1) is 5.52 Å². The molecule has 88 valence electrons. The van der Waals surface area contributed by atoms with Crippen LogP contribution in [0.1, 0.15) is 0 Å². The molecule has 0 radical (unpaired) electrons. The number of benzene rings is 2. The van der Waals surface area contributed by atoms with Gasteiger partial charge < -0.3 is 15.0 Å². The molecule has 0 unspecified atom stereocenters.